The molecule has 3 saturated carbocycles. The van der Waals surface area contributed by atoms with E-state index in [-0.39, 0.29) is 24.3 Å². The first-order valence-corrected chi connectivity index (χ1v) is 12.0. The summed E-state index contributed by atoms with van der Waals surface area (Å²) in [7, 11) is -4.23. The second-order valence-electron chi connectivity index (χ2n) is 9.48. The van der Waals surface area contributed by atoms with E-state index in [0.717, 1.165) is 57.8 Å². The van der Waals surface area contributed by atoms with Gasteiger partial charge in [-0.3, -0.25) is 19.0 Å². The van der Waals surface area contributed by atoms with Gasteiger partial charge < -0.3 is 0 Å². The molecule has 3 aliphatic rings. The monoisotopic (exact) mass is 399 g/mol. The molecule has 3 rings (SSSR count). The summed E-state index contributed by atoms with van der Waals surface area (Å²) in [4.78, 5) is 27.7. The Morgan fingerprint density at radius 1 is 1.07 bits per heavy atom. The van der Waals surface area contributed by atoms with Crippen LogP contribution in [-0.2, 0) is 19.7 Å². The fraction of sp³-hybridized carbons (Fsp3) is 0.900. The molecule has 0 aromatic carbocycles. The molecule has 0 aliphatic heterocycles. The first-order chi connectivity index (χ1) is 12.6. The third kappa shape index (κ3) is 4.73. The number of imide groups is 1. The molecule has 0 radical (unpaired) electrons. The van der Waals surface area contributed by atoms with Gasteiger partial charge in [-0.2, -0.15) is 8.42 Å². The van der Waals surface area contributed by atoms with E-state index in [4.69, 9.17) is 4.55 Å². The van der Waals surface area contributed by atoms with E-state index in [2.05, 4.69) is 6.92 Å². The van der Waals surface area contributed by atoms with Crippen LogP contribution in [0.4, 0.5) is 0 Å². The van der Waals surface area contributed by atoms with Gasteiger partial charge in [-0.05, 0) is 56.3 Å². The minimum atomic E-state index is -4.23. The minimum absolute atomic E-state index is 0.200. The van der Waals surface area contributed by atoms with Crippen molar-refractivity contribution in [3.05, 3.63) is 0 Å². The Morgan fingerprint density at radius 2 is 1.63 bits per heavy atom. The molecule has 0 spiro atoms. The van der Waals surface area contributed by atoms with Crippen LogP contribution in [-0.4, -0.2) is 42.0 Å². The summed E-state index contributed by atoms with van der Waals surface area (Å²) >= 11 is 0. The largest absolute Gasteiger partial charge is 0.285 e. The number of hydrogen-bond donors (Lipinski definition) is 1. The highest BCUT2D eigenvalue weighted by atomic mass is 32.2. The predicted octanol–water partition coefficient (Wildman–Crippen LogP) is 3.27. The van der Waals surface area contributed by atoms with Crippen LogP contribution < -0.4 is 0 Å². The highest BCUT2D eigenvalue weighted by Gasteiger charge is 2.52. The topological polar surface area (TPSA) is 91.8 Å². The van der Waals surface area contributed by atoms with E-state index in [0.29, 0.717) is 17.8 Å². The Morgan fingerprint density at radius 3 is 2.15 bits per heavy atom. The van der Waals surface area contributed by atoms with Crippen molar-refractivity contribution in [2.45, 2.75) is 71.6 Å². The molecule has 0 aromatic heterocycles. The molecule has 7 heteroatoms. The molecule has 2 amide bonds. The van der Waals surface area contributed by atoms with Crippen molar-refractivity contribution in [2.75, 3.05) is 12.3 Å². The summed E-state index contributed by atoms with van der Waals surface area (Å²) in [6.07, 6.45) is 8.38. The van der Waals surface area contributed by atoms with Crippen LogP contribution in [0.25, 0.3) is 0 Å². The van der Waals surface area contributed by atoms with E-state index >= 15 is 0 Å². The van der Waals surface area contributed by atoms with Crippen LogP contribution in [0.2, 0.25) is 0 Å². The van der Waals surface area contributed by atoms with Gasteiger partial charge in [0.2, 0.25) is 11.8 Å². The van der Waals surface area contributed by atoms with E-state index in [1.54, 1.807) is 0 Å². The first kappa shape index (κ1) is 20.8. The molecule has 6 nitrogen and oxygen atoms in total. The van der Waals surface area contributed by atoms with Crippen molar-refractivity contribution < 1.29 is 22.6 Å². The van der Waals surface area contributed by atoms with Crippen LogP contribution in [0.5, 0.6) is 0 Å². The Balaban J connectivity index is 1.76. The molecule has 0 aromatic rings. The van der Waals surface area contributed by atoms with Crippen LogP contribution >= 0.6 is 0 Å². The van der Waals surface area contributed by atoms with Gasteiger partial charge in [0, 0.05) is 17.9 Å². The second-order valence-corrected chi connectivity index (χ2v) is 11.1. The molecule has 1 N–H and O–H groups in total. The van der Waals surface area contributed by atoms with Crippen LogP contribution in [0.15, 0.2) is 0 Å². The molecule has 3 aliphatic carbocycles. The lowest BCUT2D eigenvalue weighted by Crippen LogP contribution is -2.49. The standard InChI is InChI=1S/C20H33NO5S/c1-14-10-16-12-20(2,13-17(16)11-14)19(23)21(8-9-27(24,25)26)18(22)15-6-4-3-5-7-15/h14-17H,3-13H2,1-2H3,(H,24,25,26). The maximum atomic E-state index is 13.4. The number of hydrogen-bond acceptors (Lipinski definition) is 4. The number of fused-ring (bicyclic) bond motifs is 1. The number of nitrogens with zero attached hydrogens (tertiary/aromatic N) is 1. The fourth-order valence-electron chi connectivity index (χ4n) is 5.84. The lowest BCUT2D eigenvalue weighted by atomic mass is 9.82. The van der Waals surface area contributed by atoms with Gasteiger partial charge in [0.25, 0.3) is 10.1 Å². The molecule has 2 unspecified atom stereocenters. The molecule has 0 bridgehead atoms. The first-order valence-electron chi connectivity index (χ1n) is 10.4. The Labute approximate surface area is 162 Å². The molecule has 0 heterocycles. The Hall–Kier alpha value is -0.950. The Bertz CT molecular complexity index is 668. The highest BCUT2D eigenvalue weighted by Crippen LogP contribution is 2.55. The van der Waals surface area contributed by atoms with Crippen molar-refractivity contribution >= 4 is 21.9 Å². The number of amides is 2. The number of carbonyl (C=O) groups excluding carboxylic acids is 2. The van der Waals surface area contributed by atoms with Crippen LogP contribution in [0.1, 0.15) is 71.6 Å². The smallest absolute Gasteiger partial charge is 0.266 e. The molecule has 27 heavy (non-hydrogen) atoms. The SMILES string of the molecule is CC1CC2CC(C)(C(=O)N(CCS(=O)(=O)O)C(=O)C3CCCCC3)CC2C1. The molecular weight excluding hydrogens is 366 g/mol. The van der Waals surface area contributed by atoms with Gasteiger partial charge >= 0.3 is 0 Å². The van der Waals surface area contributed by atoms with Gasteiger partial charge in [-0.25, -0.2) is 0 Å². The third-order valence-corrected chi connectivity index (χ3v) is 7.76. The number of rotatable bonds is 5. The average molecular weight is 400 g/mol. The Kier molecular flexibility index (Phi) is 6.02. The van der Waals surface area contributed by atoms with Gasteiger partial charge in [0.15, 0.2) is 0 Å². The summed E-state index contributed by atoms with van der Waals surface area (Å²) in [5, 5.41) is 0. The van der Waals surface area contributed by atoms with Gasteiger partial charge in [0.1, 0.15) is 0 Å². The zero-order valence-electron chi connectivity index (χ0n) is 16.5. The molecule has 0 saturated heterocycles. The maximum Gasteiger partial charge on any atom is 0.266 e. The number of carbonyl (C=O) groups is 2. The van der Waals surface area contributed by atoms with Crippen molar-refractivity contribution in [2.24, 2.45) is 29.1 Å². The quantitative estimate of drug-likeness (QED) is 0.566. The summed E-state index contributed by atoms with van der Waals surface area (Å²) in [6.45, 7) is 3.95. The van der Waals surface area contributed by atoms with Crippen molar-refractivity contribution in [1.82, 2.24) is 4.90 Å². The zero-order valence-corrected chi connectivity index (χ0v) is 17.3. The van der Waals surface area contributed by atoms with Gasteiger partial charge in [-0.15, -0.1) is 0 Å². The molecule has 3 fully saturated rings. The fourth-order valence-corrected chi connectivity index (χ4v) is 6.26. The normalized spacial score (nSPS) is 34.4. The van der Waals surface area contributed by atoms with E-state index in [9.17, 15) is 18.0 Å². The maximum absolute atomic E-state index is 13.4. The van der Waals surface area contributed by atoms with E-state index < -0.39 is 21.3 Å². The second kappa shape index (κ2) is 7.82. The van der Waals surface area contributed by atoms with Crippen molar-refractivity contribution in [3.8, 4) is 0 Å². The molecule has 2 atom stereocenters. The molecule has 154 valence electrons. The van der Waals surface area contributed by atoms with Crippen LogP contribution in [0.3, 0.4) is 0 Å². The summed E-state index contributed by atoms with van der Waals surface area (Å²) in [5.74, 6) is 0.493. The summed E-state index contributed by atoms with van der Waals surface area (Å²) < 4.78 is 31.7. The lowest BCUT2D eigenvalue weighted by molar-refractivity contribution is -0.153. The molecular formula is C20H33NO5S. The van der Waals surface area contributed by atoms with Gasteiger partial charge in [0.05, 0.1) is 5.75 Å². The average Bonchev–Trinajstić information content (AvgIpc) is 3.08. The zero-order chi connectivity index (χ0) is 19.8. The van der Waals surface area contributed by atoms with E-state index in [1.165, 1.54) is 4.90 Å². The predicted molar refractivity (Wildman–Crippen MR) is 102 cm³/mol. The van der Waals surface area contributed by atoms with Crippen molar-refractivity contribution in [1.29, 1.82) is 0 Å². The third-order valence-electron chi connectivity index (χ3n) is 7.06. The lowest BCUT2D eigenvalue weighted by Gasteiger charge is -2.34. The minimum Gasteiger partial charge on any atom is -0.285 e. The summed E-state index contributed by atoms with van der Waals surface area (Å²) in [5.41, 5.74) is -0.598. The van der Waals surface area contributed by atoms with Crippen LogP contribution in [0, 0.1) is 29.1 Å². The van der Waals surface area contributed by atoms with Gasteiger partial charge in [-0.1, -0.05) is 33.1 Å². The van der Waals surface area contributed by atoms with E-state index in [1.807, 2.05) is 6.92 Å². The summed E-state index contributed by atoms with van der Waals surface area (Å²) in [6, 6.07) is 0. The highest BCUT2D eigenvalue weighted by molar-refractivity contribution is 7.85. The van der Waals surface area contributed by atoms with Crippen molar-refractivity contribution in [3.63, 3.8) is 0 Å².